The highest BCUT2D eigenvalue weighted by Crippen LogP contribution is 2.30. The van der Waals surface area contributed by atoms with Crippen molar-refractivity contribution in [2.24, 2.45) is 5.73 Å². The molecule has 0 amide bonds. The smallest absolute Gasteiger partial charge is 0.126 e. The highest BCUT2D eigenvalue weighted by molar-refractivity contribution is 6.31. The fraction of sp³-hybridized carbons (Fsp3) is 0.143. The SMILES string of the molecule is COc1ccc(C(N)c2cc(F)cc(F)c2)c(Cl)c1. The lowest BCUT2D eigenvalue weighted by Gasteiger charge is -2.15. The van der Waals surface area contributed by atoms with Crippen LogP contribution in [0.15, 0.2) is 36.4 Å². The van der Waals surface area contributed by atoms with Gasteiger partial charge in [-0.15, -0.1) is 0 Å². The topological polar surface area (TPSA) is 35.2 Å². The Morgan fingerprint density at radius 3 is 2.26 bits per heavy atom. The van der Waals surface area contributed by atoms with Crippen molar-refractivity contribution in [2.45, 2.75) is 6.04 Å². The summed E-state index contributed by atoms with van der Waals surface area (Å²) in [5, 5.41) is 0.386. The van der Waals surface area contributed by atoms with Gasteiger partial charge in [-0.3, -0.25) is 0 Å². The second-order valence-electron chi connectivity index (χ2n) is 4.07. The van der Waals surface area contributed by atoms with Crippen molar-refractivity contribution in [3.63, 3.8) is 0 Å². The van der Waals surface area contributed by atoms with Crippen LogP contribution in [0.4, 0.5) is 8.78 Å². The molecule has 0 saturated heterocycles. The second-order valence-corrected chi connectivity index (χ2v) is 4.48. The van der Waals surface area contributed by atoms with Crippen LogP contribution in [0.1, 0.15) is 17.2 Å². The van der Waals surface area contributed by atoms with Crippen molar-refractivity contribution < 1.29 is 13.5 Å². The van der Waals surface area contributed by atoms with Gasteiger partial charge in [-0.2, -0.15) is 0 Å². The Labute approximate surface area is 114 Å². The molecule has 0 aromatic heterocycles. The van der Waals surface area contributed by atoms with Gasteiger partial charge in [0, 0.05) is 11.1 Å². The van der Waals surface area contributed by atoms with Gasteiger partial charge < -0.3 is 10.5 Å². The predicted molar refractivity (Wildman–Crippen MR) is 70.4 cm³/mol. The van der Waals surface area contributed by atoms with Gasteiger partial charge in [0.1, 0.15) is 17.4 Å². The highest BCUT2D eigenvalue weighted by Gasteiger charge is 2.15. The first-order chi connectivity index (χ1) is 9.01. The fourth-order valence-corrected chi connectivity index (χ4v) is 2.11. The lowest BCUT2D eigenvalue weighted by molar-refractivity contribution is 0.414. The van der Waals surface area contributed by atoms with Crippen molar-refractivity contribution in [3.8, 4) is 5.75 Å². The Bertz CT molecular complexity index is 584. The molecule has 0 aliphatic rings. The third-order valence-electron chi connectivity index (χ3n) is 2.79. The van der Waals surface area contributed by atoms with E-state index in [0.29, 0.717) is 21.9 Å². The maximum absolute atomic E-state index is 13.2. The zero-order valence-electron chi connectivity index (χ0n) is 10.2. The van der Waals surface area contributed by atoms with E-state index in [1.54, 1.807) is 18.2 Å². The van der Waals surface area contributed by atoms with Gasteiger partial charge in [0.05, 0.1) is 13.2 Å². The maximum Gasteiger partial charge on any atom is 0.126 e. The van der Waals surface area contributed by atoms with E-state index in [0.717, 1.165) is 6.07 Å². The van der Waals surface area contributed by atoms with Crippen molar-refractivity contribution >= 4 is 11.6 Å². The zero-order chi connectivity index (χ0) is 14.0. The van der Waals surface area contributed by atoms with E-state index >= 15 is 0 Å². The Hall–Kier alpha value is -1.65. The summed E-state index contributed by atoms with van der Waals surface area (Å²) in [7, 11) is 1.52. The molecule has 0 fully saturated rings. The van der Waals surface area contributed by atoms with Gasteiger partial charge >= 0.3 is 0 Å². The molecular formula is C14H12ClF2NO. The summed E-state index contributed by atoms with van der Waals surface area (Å²) in [5.41, 5.74) is 6.89. The normalized spacial score (nSPS) is 12.3. The standard InChI is InChI=1S/C14H12ClF2NO/c1-19-11-2-3-12(13(15)7-11)14(18)8-4-9(16)6-10(17)5-8/h2-7,14H,18H2,1H3. The molecule has 0 spiro atoms. The first-order valence-electron chi connectivity index (χ1n) is 5.56. The molecule has 0 aliphatic heterocycles. The molecule has 5 heteroatoms. The van der Waals surface area contributed by atoms with E-state index < -0.39 is 17.7 Å². The molecule has 2 aromatic carbocycles. The first-order valence-corrected chi connectivity index (χ1v) is 5.94. The van der Waals surface area contributed by atoms with Gasteiger partial charge in [-0.1, -0.05) is 17.7 Å². The molecule has 1 atom stereocenters. The molecule has 0 saturated carbocycles. The quantitative estimate of drug-likeness (QED) is 0.933. The molecular weight excluding hydrogens is 272 g/mol. The van der Waals surface area contributed by atoms with Crippen molar-refractivity contribution in [1.29, 1.82) is 0 Å². The molecule has 0 heterocycles. The Balaban J connectivity index is 2.40. The maximum atomic E-state index is 13.2. The summed E-state index contributed by atoms with van der Waals surface area (Å²) in [5.74, 6) is -0.753. The van der Waals surface area contributed by atoms with Crippen LogP contribution in [0.25, 0.3) is 0 Å². The predicted octanol–water partition coefficient (Wildman–Crippen LogP) is 3.67. The van der Waals surface area contributed by atoms with E-state index in [1.807, 2.05) is 0 Å². The molecule has 0 bridgehead atoms. The molecule has 2 aromatic rings. The minimum absolute atomic E-state index is 0.324. The summed E-state index contributed by atoms with van der Waals surface area (Å²) >= 11 is 6.08. The van der Waals surface area contributed by atoms with Crippen LogP contribution in [0.3, 0.4) is 0 Å². The summed E-state index contributed by atoms with van der Waals surface area (Å²) in [4.78, 5) is 0. The van der Waals surface area contributed by atoms with Gasteiger partial charge in [0.15, 0.2) is 0 Å². The van der Waals surface area contributed by atoms with Crippen LogP contribution in [0, 0.1) is 11.6 Å². The molecule has 2 N–H and O–H groups in total. The first kappa shape index (κ1) is 13.8. The Morgan fingerprint density at radius 1 is 1.11 bits per heavy atom. The third-order valence-corrected chi connectivity index (χ3v) is 3.11. The van der Waals surface area contributed by atoms with E-state index in [1.165, 1.54) is 19.2 Å². The van der Waals surface area contributed by atoms with Crippen LogP contribution in [-0.4, -0.2) is 7.11 Å². The number of ether oxygens (including phenoxy) is 1. The van der Waals surface area contributed by atoms with Crippen LogP contribution in [-0.2, 0) is 0 Å². The monoisotopic (exact) mass is 283 g/mol. The summed E-state index contributed by atoms with van der Waals surface area (Å²) < 4.78 is 31.4. The number of hydrogen-bond donors (Lipinski definition) is 1. The van der Waals surface area contributed by atoms with Crippen LogP contribution < -0.4 is 10.5 Å². The van der Waals surface area contributed by atoms with Gasteiger partial charge in [0.25, 0.3) is 0 Å². The number of halogens is 3. The number of methoxy groups -OCH3 is 1. The summed E-state index contributed by atoms with van der Waals surface area (Å²) in [6, 6.07) is 7.44. The lowest BCUT2D eigenvalue weighted by Crippen LogP contribution is -2.13. The summed E-state index contributed by atoms with van der Waals surface area (Å²) in [6.07, 6.45) is 0. The van der Waals surface area contributed by atoms with Crippen LogP contribution in [0.2, 0.25) is 5.02 Å². The fourth-order valence-electron chi connectivity index (χ4n) is 1.82. The van der Waals surface area contributed by atoms with Crippen molar-refractivity contribution in [2.75, 3.05) is 7.11 Å². The molecule has 100 valence electrons. The van der Waals surface area contributed by atoms with E-state index in [2.05, 4.69) is 0 Å². The van der Waals surface area contributed by atoms with E-state index in [4.69, 9.17) is 22.1 Å². The van der Waals surface area contributed by atoms with Gasteiger partial charge in [-0.05, 0) is 35.4 Å². The lowest BCUT2D eigenvalue weighted by atomic mass is 9.99. The Kier molecular flexibility index (Phi) is 4.02. The molecule has 1 unspecified atom stereocenters. The minimum Gasteiger partial charge on any atom is -0.497 e. The third kappa shape index (κ3) is 3.03. The van der Waals surface area contributed by atoms with Crippen molar-refractivity contribution in [1.82, 2.24) is 0 Å². The molecule has 19 heavy (non-hydrogen) atoms. The zero-order valence-corrected chi connectivity index (χ0v) is 10.9. The molecule has 0 radical (unpaired) electrons. The second kappa shape index (κ2) is 5.55. The number of nitrogens with two attached hydrogens (primary N) is 1. The van der Waals surface area contributed by atoms with E-state index in [-0.39, 0.29) is 0 Å². The molecule has 2 nitrogen and oxygen atoms in total. The van der Waals surface area contributed by atoms with Gasteiger partial charge in [0.2, 0.25) is 0 Å². The number of benzene rings is 2. The van der Waals surface area contributed by atoms with Crippen molar-refractivity contribution in [3.05, 3.63) is 64.2 Å². The van der Waals surface area contributed by atoms with Gasteiger partial charge in [-0.25, -0.2) is 8.78 Å². The van der Waals surface area contributed by atoms with E-state index in [9.17, 15) is 8.78 Å². The minimum atomic E-state index is -0.705. The molecule has 0 aliphatic carbocycles. The average Bonchev–Trinajstić information content (AvgIpc) is 2.36. The average molecular weight is 284 g/mol. The van der Waals surface area contributed by atoms with Crippen LogP contribution >= 0.6 is 11.6 Å². The molecule has 2 rings (SSSR count). The highest BCUT2D eigenvalue weighted by atomic mass is 35.5. The summed E-state index contributed by atoms with van der Waals surface area (Å²) in [6.45, 7) is 0. The number of hydrogen-bond acceptors (Lipinski definition) is 2. The largest absolute Gasteiger partial charge is 0.497 e. The number of rotatable bonds is 3. The Morgan fingerprint density at radius 2 is 1.74 bits per heavy atom. The van der Waals surface area contributed by atoms with Crippen LogP contribution in [0.5, 0.6) is 5.75 Å².